The van der Waals surface area contributed by atoms with Gasteiger partial charge in [0.2, 0.25) is 0 Å². The average molecular weight is 189 g/mol. The van der Waals surface area contributed by atoms with Gasteiger partial charge < -0.3 is 9.63 Å². The van der Waals surface area contributed by atoms with Crippen molar-refractivity contribution in [3.63, 3.8) is 0 Å². The van der Waals surface area contributed by atoms with E-state index in [0.29, 0.717) is 6.42 Å². The van der Waals surface area contributed by atoms with Gasteiger partial charge in [0.15, 0.2) is 0 Å². The first kappa shape index (κ1) is 8.94. The van der Waals surface area contributed by atoms with Crippen molar-refractivity contribution in [1.29, 1.82) is 0 Å². The first-order valence-corrected chi connectivity index (χ1v) is 4.62. The Kier molecular flexibility index (Phi) is 2.58. The van der Waals surface area contributed by atoms with Crippen molar-refractivity contribution < 1.29 is 9.63 Å². The number of benzene rings is 1. The maximum absolute atomic E-state index is 10.3. The summed E-state index contributed by atoms with van der Waals surface area (Å²) in [6, 6.07) is 9.87. The van der Waals surface area contributed by atoms with Crippen molar-refractivity contribution in [2.75, 3.05) is 0 Å². The molecule has 0 saturated heterocycles. The van der Waals surface area contributed by atoms with Gasteiger partial charge in [0.1, 0.15) is 12.4 Å². The predicted octanol–water partition coefficient (Wildman–Crippen LogP) is 1.77. The largest absolute Gasteiger partial charge is 0.391 e. The Morgan fingerprint density at radius 1 is 1.43 bits per heavy atom. The highest BCUT2D eigenvalue weighted by Gasteiger charge is 2.21. The van der Waals surface area contributed by atoms with Crippen molar-refractivity contribution >= 4 is 12.0 Å². The van der Waals surface area contributed by atoms with E-state index in [9.17, 15) is 4.79 Å². The molecule has 1 unspecified atom stereocenters. The number of oxime groups is 1. The lowest BCUT2D eigenvalue weighted by atomic mass is 10.0. The normalized spacial score (nSPS) is 20.0. The van der Waals surface area contributed by atoms with E-state index in [1.807, 2.05) is 30.3 Å². The molecule has 1 aliphatic rings. The van der Waals surface area contributed by atoms with E-state index >= 15 is 0 Å². The average Bonchev–Trinajstić information content (AvgIpc) is 2.68. The topological polar surface area (TPSA) is 38.7 Å². The fourth-order valence-corrected chi connectivity index (χ4v) is 1.46. The van der Waals surface area contributed by atoms with Crippen LogP contribution in [0.5, 0.6) is 0 Å². The van der Waals surface area contributed by atoms with E-state index in [2.05, 4.69) is 5.16 Å². The molecule has 2 rings (SSSR count). The quantitative estimate of drug-likeness (QED) is 0.680. The zero-order chi connectivity index (χ0) is 9.80. The van der Waals surface area contributed by atoms with Gasteiger partial charge in [-0.3, -0.25) is 0 Å². The summed E-state index contributed by atoms with van der Waals surface area (Å²) in [6.45, 7) is 0. The van der Waals surface area contributed by atoms with Gasteiger partial charge in [-0.1, -0.05) is 35.5 Å². The van der Waals surface area contributed by atoms with Crippen LogP contribution < -0.4 is 0 Å². The summed E-state index contributed by atoms with van der Waals surface area (Å²) < 4.78 is 0. The maximum atomic E-state index is 10.3. The molecular weight excluding hydrogens is 178 g/mol. The van der Waals surface area contributed by atoms with E-state index in [-0.39, 0.29) is 6.10 Å². The third-order valence-corrected chi connectivity index (χ3v) is 2.20. The van der Waals surface area contributed by atoms with E-state index < -0.39 is 0 Å². The minimum Gasteiger partial charge on any atom is -0.391 e. The number of aldehydes is 1. The van der Waals surface area contributed by atoms with Crippen LogP contribution in [0.2, 0.25) is 0 Å². The third kappa shape index (κ3) is 1.82. The van der Waals surface area contributed by atoms with Gasteiger partial charge in [0.05, 0.1) is 5.71 Å². The van der Waals surface area contributed by atoms with Gasteiger partial charge >= 0.3 is 0 Å². The summed E-state index contributed by atoms with van der Waals surface area (Å²) in [5, 5.41) is 3.96. The molecule has 1 aromatic carbocycles. The number of rotatable bonds is 3. The molecule has 72 valence electrons. The molecule has 0 saturated carbocycles. The Balaban J connectivity index is 2.05. The smallest absolute Gasteiger partial charge is 0.139 e. The van der Waals surface area contributed by atoms with Crippen LogP contribution in [0, 0.1) is 0 Å². The first-order chi connectivity index (χ1) is 6.90. The van der Waals surface area contributed by atoms with Gasteiger partial charge in [-0.15, -0.1) is 0 Å². The zero-order valence-electron chi connectivity index (χ0n) is 7.72. The van der Waals surface area contributed by atoms with E-state index in [1.54, 1.807) is 0 Å². The number of carbonyl (C=O) groups excluding carboxylic acids is 1. The lowest BCUT2D eigenvalue weighted by Crippen LogP contribution is -2.08. The molecule has 0 fully saturated rings. The van der Waals surface area contributed by atoms with Crippen molar-refractivity contribution in [3.05, 3.63) is 35.9 Å². The lowest BCUT2D eigenvalue weighted by Gasteiger charge is -2.01. The summed E-state index contributed by atoms with van der Waals surface area (Å²) in [6.07, 6.45) is 1.94. The molecule has 3 nitrogen and oxygen atoms in total. The Labute approximate surface area is 82.4 Å². The van der Waals surface area contributed by atoms with E-state index in [1.165, 1.54) is 0 Å². The molecule has 0 bridgehead atoms. The summed E-state index contributed by atoms with van der Waals surface area (Å²) in [7, 11) is 0. The molecule has 3 heteroatoms. The second-order valence-corrected chi connectivity index (χ2v) is 3.24. The van der Waals surface area contributed by atoms with Crippen molar-refractivity contribution in [2.24, 2.45) is 5.16 Å². The van der Waals surface area contributed by atoms with Crippen LogP contribution in [0.4, 0.5) is 0 Å². The van der Waals surface area contributed by atoms with Crippen molar-refractivity contribution in [2.45, 2.75) is 18.9 Å². The summed E-state index contributed by atoms with van der Waals surface area (Å²) in [5.74, 6) is 0. The Bertz CT molecular complexity index is 346. The molecule has 1 aliphatic heterocycles. The van der Waals surface area contributed by atoms with Gasteiger partial charge in [0, 0.05) is 12.8 Å². The molecule has 0 amide bonds. The van der Waals surface area contributed by atoms with Crippen LogP contribution in [0.25, 0.3) is 0 Å². The number of nitrogens with zero attached hydrogens (tertiary/aromatic N) is 1. The van der Waals surface area contributed by atoms with Crippen LogP contribution in [-0.2, 0) is 9.63 Å². The van der Waals surface area contributed by atoms with Crippen molar-refractivity contribution in [1.82, 2.24) is 0 Å². The highest BCUT2D eigenvalue weighted by molar-refractivity contribution is 6.01. The molecule has 1 heterocycles. The zero-order valence-corrected chi connectivity index (χ0v) is 7.72. The Hall–Kier alpha value is -1.64. The lowest BCUT2D eigenvalue weighted by molar-refractivity contribution is -0.110. The Morgan fingerprint density at radius 3 is 2.93 bits per heavy atom. The Morgan fingerprint density at radius 2 is 2.21 bits per heavy atom. The van der Waals surface area contributed by atoms with Crippen molar-refractivity contribution in [3.8, 4) is 0 Å². The van der Waals surface area contributed by atoms with Crippen LogP contribution in [0.1, 0.15) is 18.4 Å². The minimum absolute atomic E-state index is 0.0669. The summed E-state index contributed by atoms with van der Waals surface area (Å²) >= 11 is 0. The fourth-order valence-electron chi connectivity index (χ4n) is 1.46. The number of carbonyl (C=O) groups is 1. The van der Waals surface area contributed by atoms with E-state index in [0.717, 1.165) is 24.0 Å². The van der Waals surface area contributed by atoms with E-state index in [4.69, 9.17) is 4.84 Å². The van der Waals surface area contributed by atoms with Gasteiger partial charge in [-0.2, -0.15) is 0 Å². The minimum atomic E-state index is -0.0669. The molecule has 1 aromatic rings. The van der Waals surface area contributed by atoms with Gasteiger partial charge in [-0.25, -0.2) is 0 Å². The summed E-state index contributed by atoms with van der Waals surface area (Å²) in [4.78, 5) is 15.4. The maximum Gasteiger partial charge on any atom is 0.139 e. The SMILES string of the molecule is O=CCC1CC(c2ccccc2)=NO1. The second-order valence-electron chi connectivity index (χ2n) is 3.24. The van der Waals surface area contributed by atoms with Gasteiger partial charge in [0.25, 0.3) is 0 Å². The molecule has 0 radical (unpaired) electrons. The second kappa shape index (κ2) is 4.05. The monoisotopic (exact) mass is 189 g/mol. The number of hydrogen-bond acceptors (Lipinski definition) is 3. The highest BCUT2D eigenvalue weighted by Crippen LogP contribution is 2.17. The first-order valence-electron chi connectivity index (χ1n) is 4.62. The fraction of sp³-hybridized carbons (Fsp3) is 0.273. The van der Waals surface area contributed by atoms with Crippen LogP contribution in [0.15, 0.2) is 35.5 Å². The standard InChI is InChI=1S/C11H11NO2/c13-7-6-10-8-11(12-14-10)9-4-2-1-3-5-9/h1-5,7,10H,6,8H2. The van der Waals surface area contributed by atoms with Crippen LogP contribution in [0.3, 0.4) is 0 Å². The molecular formula is C11H11NO2. The predicted molar refractivity (Wildman–Crippen MR) is 53.2 cm³/mol. The number of hydrogen-bond donors (Lipinski definition) is 0. The molecule has 0 N–H and O–H groups in total. The third-order valence-electron chi connectivity index (χ3n) is 2.20. The molecule has 0 spiro atoms. The van der Waals surface area contributed by atoms with Gasteiger partial charge in [-0.05, 0) is 5.56 Å². The highest BCUT2D eigenvalue weighted by atomic mass is 16.6. The molecule has 1 atom stereocenters. The molecule has 14 heavy (non-hydrogen) atoms. The molecule has 0 aromatic heterocycles. The molecule has 0 aliphatic carbocycles. The summed E-state index contributed by atoms with van der Waals surface area (Å²) in [5.41, 5.74) is 2.00. The van der Waals surface area contributed by atoms with Crippen LogP contribution in [-0.4, -0.2) is 18.1 Å². The van der Waals surface area contributed by atoms with Crippen LogP contribution >= 0.6 is 0 Å².